The second kappa shape index (κ2) is 4.93. The molecule has 0 bridgehead atoms. The fourth-order valence-electron chi connectivity index (χ4n) is 0.701. The minimum atomic E-state index is -0.261. The molecular weight excluding hydrogens is 154 g/mol. The van der Waals surface area contributed by atoms with Gasteiger partial charge in [-0.3, -0.25) is 0 Å². The van der Waals surface area contributed by atoms with Crippen molar-refractivity contribution in [2.75, 3.05) is 6.61 Å². The predicted molar refractivity (Wildman–Crippen MR) is 49.7 cm³/mol. The van der Waals surface area contributed by atoms with Crippen LogP contribution in [0.5, 0.6) is 0 Å². The van der Waals surface area contributed by atoms with Crippen molar-refractivity contribution in [3.05, 3.63) is 12.7 Å². The largest absolute Gasteiger partial charge is 0.411 e. The lowest BCUT2D eigenvalue weighted by Crippen LogP contribution is -2.32. The van der Waals surface area contributed by atoms with Crippen LogP contribution in [0.25, 0.3) is 0 Å². The molecule has 0 saturated heterocycles. The molecule has 0 fully saturated rings. The van der Waals surface area contributed by atoms with Crippen LogP contribution < -0.4 is 0 Å². The van der Waals surface area contributed by atoms with Crippen molar-refractivity contribution < 1.29 is 9.94 Å². The van der Waals surface area contributed by atoms with Crippen LogP contribution in [0.2, 0.25) is 0 Å². The lowest BCUT2D eigenvalue weighted by atomic mass is 9.93. The average Bonchev–Trinajstić information content (AvgIpc) is 2.03. The van der Waals surface area contributed by atoms with Crippen molar-refractivity contribution in [3.8, 4) is 0 Å². The Morgan fingerprint density at radius 3 is 2.67 bits per heavy atom. The lowest BCUT2D eigenvalue weighted by Gasteiger charge is -2.29. The summed E-state index contributed by atoms with van der Waals surface area (Å²) in [4.78, 5) is 0. The van der Waals surface area contributed by atoms with E-state index in [0.717, 1.165) is 0 Å². The smallest absolute Gasteiger partial charge is 0.0859 e. The highest BCUT2D eigenvalue weighted by atomic mass is 16.5. The molecule has 0 heterocycles. The van der Waals surface area contributed by atoms with Gasteiger partial charge in [0.25, 0.3) is 0 Å². The summed E-state index contributed by atoms with van der Waals surface area (Å²) >= 11 is 0. The Morgan fingerprint density at radius 2 is 2.25 bits per heavy atom. The Morgan fingerprint density at radius 1 is 1.67 bits per heavy atom. The molecule has 0 aromatic heterocycles. The zero-order valence-corrected chi connectivity index (χ0v) is 7.95. The molecule has 1 N–H and O–H groups in total. The molecule has 0 amide bonds. The molecule has 0 radical (unpaired) electrons. The van der Waals surface area contributed by atoms with Gasteiger partial charge in [-0.2, -0.15) is 0 Å². The Labute approximate surface area is 73.7 Å². The topological polar surface area (TPSA) is 41.8 Å². The molecule has 1 unspecified atom stereocenters. The van der Waals surface area contributed by atoms with Crippen molar-refractivity contribution in [2.24, 2.45) is 11.1 Å². The highest BCUT2D eigenvalue weighted by Gasteiger charge is 2.23. The summed E-state index contributed by atoms with van der Waals surface area (Å²) in [6.07, 6.45) is 3.16. The van der Waals surface area contributed by atoms with E-state index in [1.54, 1.807) is 0 Å². The Bertz CT molecular complexity index is 164. The highest BCUT2D eigenvalue weighted by molar-refractivity contribution is 5.57. The molecule has 12 heavy (non-hydrogen) atoms. The number of ether oxygens (including phenoxy) is 1. The number of oxime groups is 1. The first-order chi connectivity index (χ1) is 5.54. The first-order valence-electron chi connectivity index (χ1n) is 3.97. The summed E-state index contributed by atoms with van der Waals surface area (Å²) in [5.41, 5.74) is -0.261. The van der Waals surface area contributed by atoms with E-state index in [0.29, 0.717) is 6.61 Å². The zero-order valence-electron chi connectivity index (χ0n) is 7.95. The van der Waals surface area contributed by atoms with Gasteiger partial charge in [0.15, 0.2) is 0 Å². The van der Waals surface area contributed by atoms with Crippen LogP contribution >= 0.6 is 0 Å². The minimum absolute atomic E-state index is 0.261. The van der Waals surface area contributed by atoms with Crippen LogP contribution in [0.1, 0.15) is 20.8 Å². The van der Waals surface area contributed by atoms with Crippen LogP contribution in [-0.2, 0) is 4.74 Å². The molecule has 0 aliphatic heterocycles. The fourth-order valence-corrected chi connectivity index (χ4v) is 0.701. The SMILES string of the molecule is C=CC(C)C(C)(C)OCC=NO. The van der Waals surface area contributed by atoms with E-state index < -0.39 is 0 Å². The van der Waals surface area contributed by atoms with Crippen LogP contribution in [0.3, 0.4) is 0 Å². The van der Waals surface area contributed by atoms with Crippen molar-refractivity contribution in [3.63, 3.8) is 0 Å². The maximum Gasteiger partial charge on any atom is 0.0859 e. The second-order valence-electron chi connectivity index (χ2n) is 3.24. The molecule has 0 spiro atoms. The zero-order chi connectivity index (χ0) is 9.61. The maximum atomic E-state index is 8.13. The fraction of sp³-hybridized carbons (Fsp3) is 0.667. The van der Waals surface area contributed by atoms with Gasteiger partial charge in [0.05, 0.1) is 18.4 Å². The monoisotopic (exact) mass is 171 g/mol. The highest BCUT2D eigenvalue weighted by Crippen LogP contribution is 2.21. The molecule has 1 atom stereocenters. The van der Waals surface area contributed by atoms with E-state index in [-0.39, 0.29) is 11.5 Å². The van der Waals surface area contributed by atoms with Crippen LogP contribution in [0.4, 0.5) is 0 Å². The Kier molecular flexibility index (Phi) is 4.59. The molecular formula is C9H17NO2. The summed E-state index contributed by atoms with van der Waals surface area (Å²) < 4.78 is 5.44. The van der Waals surface area contributed by atoms with Gasteiger partial charge in [-0.25, -0.2) is 0 Å². The molecule has 3 heteroatoms. The van der Waals surface area contributed by atoms with Crippen LogP contribution in [0, 0.1) is 5.92 Å². The van der Waals surface area contributed by atoms with E-state index in [2.05, 4.69) is 11.7 Å². The first kappa shape index (κ1) is 11.2. The van der Waals surface area contributed by atoms with Crippen molar-refractivity contribution in [1.82, 2.24) is 0 Å². The maximum absolute atomic E-state index is 8.13. The third-order valence-electron chi connectivity index (χ3n) is 2.06. The van der Waals surface area contributed by atoms with Crippen molar-refractivity contribution in [1.29, 1.82) is 0 Å². The summed E-state index contributed by atoms with van der Waals surface area (Å²) in [5, 5.41) is 11.0. The molecule has 70 valence electrons. The predicted octanol–water partition coefficient (Wildman–Crippen LogP) is 2.06. The molecule has 0 rings (SSSR count). The minimum Gasteiger partial charge on any atom is -0.411 e. The molecule has 3 nitrogen and oxygen atoms in total. The Hall–Kier alpha value is -0.830. The molecule has 0 aromatic rings. The van der Waals surface area contributed by atoms with E-state index in [1.807, 2.05) is 26.8 Å². The quantitative estimate of drug-likeness (QED) is 0.298. The number of rotatable bonds is 5. The van der Waals surface area contributed by atoms with Crippen molar-refractivity contribution >= 4 is 6.21 Å². The summed E-state index contributed by atoms with van der Waals surface area (Å²) in [7, 11) is 0. The first-order valence-corrected chi connectivity index (χ1v) is 3.97. The standard InChI is InChI=1S/C9H17NO2/c1-5-8(2)9(3,4)12-7-6-10-11/h5-6,8,11H,1,7H2,2-4H3. The van der Waals surface area contributed by atoms with E-state index in [9.17, 15) is 0 Å². The second-order valence-corrected chi connectivity index (χ2v) is 3.24. The average molecular weight is 171 g/mol. The van der Waals surface area contributed by atoms with Gasteiger partial charge in [-0.05, 0) is 13.8 Å². The number of hydrogen-bond acceptors (Lipinski definition) is 3. The lowest BCUT2D eigenvalue weighted by molar-refractivity contribution is -0.0214. The van der Waals surface area contributed by atoms with Gasteiger partial charge in [0, 0.05) is 5.92 Å². The molecule has 0 aliphatic rings. The summed E-state index contributed by atoms with van der Waals surface area (Å²) in [5.74, 6) is 0.268. The van der Waals surface area contributed by atoms with Gasteiger partial charge in [0.2, 0.25) is 0 Å². The summed E-state index contributed by atoms with van der Waals surface area (Å²) in [6, 6.07) is 0. The molecule has 0 aromatic carbocycles. The molecule has 0 aliphatic carbocycles. The van der Waals surface area contributed by atoms with Gasteiger partial charge in [0.1, 0.15) is 0 Å². The number of hydrogen-bond donors (Lipinski definition) is 1. The van der Waals surface area contributed by atoms with Gasteiger partial charge < -0.3 is 9.94 Å². The number of nitrogens with zero attached hydrogens (tertiary/aromatic N) is 1. The Balaban J connectivity index is 3.93. The van der Waals surface area contributed by atoms with E-state index in [4.69, 9.17) is 9.94 Å². The van der Waals surface area contributed by atoms with E-state index >= 15 is 0 Å². The van der Waals surface area contributed by atoms with Crippen LogP contribution in [0.15, 0.2) is 17.8 Å². The third kappa shape index (κ3) is 3.53. The normalized spacial score (nSPS) is 14.9. The molecule has 0 saturated carbocycles. The van der Waals surface area contributed by atoms with Crippen molar-refractivity contribution in [2.45, 2.75) is 26.4 Å². The third-order valence-corrected chi connectivity index (χ3v) is 2.06. The van der Waals surface area contributed by atoms with Gasteiger partial charge >= 0.3 is 0 Å². The van der Waals surface area contributed by atoms with Crippen LogP contribution in [-0.4, -0.2) is 23.6 Å². The van der Waals surface area contributed by atoms with Gasteiger partial charge in [-0.15, -0.1) is 6.58 Å². The van der Waals surface area contributed by atoms with E-state index in [1.165, 1.54) is 6.21 Å². The summed E-state index contributed by atoms with van der Waals surface area (Å²) in [6.45, 7) is 10.00. The van der Waals surface area contributed by atoms with Gasteiger partial charge in [-0.1, -0.05) is 18.2 Å².